The van der Waals surface area contributed by atoms with Crippen LogP contribution in [-0.2, 0) is 0 Å². The van der Waals surface area contributed by atoms with E-state index in [0.29, 0.717) is 0 Å². The first-order valence-electron chi connectivity index (χ1n) is 9.65. The molecule has 2 aromatic carbocycles. The highest BCUT2D eigenvalue weighted by Crippen LogP contribution is 2.44. The highest BCUT2D eigenvalue weighted by atomic mass is 16.5. The van der Waals surface area contributed by atoms with Crippen molar-refractivity contribution in [1.29, 1.82) is 0 Å². The topological polar surface area (TPSA) is 15.5 Å². The highest BCUT2D eigenvalue weighted by Gasteiger charge is 2.28. The van der Waals surface area contributed by atoms with Gasteiger partial charge in [-0.05, 0) is 64.7 Å². The lowest BCUT2D eigenvalue weighted by atomic mass is 9.96. The second-order valence-electron chi connectivity index (χ2n) is 7.60. The van der Waals surface area contributed by atoms with E-state index in [4.69, 9.17) is 4.74 Å². The third kappa shape index (κ3) is 3.50. The highest BCUT2D eigenvalue weighted by molar-refractivity contribution is 6.18. The van der Waals surface area contributed by atoms with Gasteiger partial charge in [0.15, 0.2) is 5.71 Å². The van der Waals surface area contributed by atoms with Gasteiger partial charge >= 0.3 is 0 Å². The second kappa shape index (κ2) is 7.48. The number of nitrogens with zero attached hydrogens (tertiary/aromatic N) is 2. The molecule has 0 amide bonds. The van der Waals surface area contributed by atoms with E-state index in [0.717, 1.165) is 16.9 Å². The largest absolute Gasteiger partial charge is 0.497 e. The number of ether oxygens (including phenoxy) is 1. The molecule has 0 aromatic heterocycles. The molecule has 29 heavy (non-hydrogen) atoms. The molecule has 3 nitrogen and oxygen atoms in total. The molecular weight excluding hydrogens is 356 g/mol. The number of methoxy groups -OCH3 is 1. The number of rotatable bonds is 2. The molecule has 0 N–H and O–H groups in total. The molecule has 0 heterocycles. The van der Waals surface area contributed by atoms with Gasteiger partial charge in [0.2, 0.25) is 0 Å². The molecular formula is C26H25N2O+. The summed E-state index contributed by atoms with van der Waals surface area (Å²) in [5, 5.41) is 0. The summed E-state index contributed by atoms with van der Waals surface area (Å²) in [4.78, 5) is 2.14. The molecule has 0 saturated carbocycles. The van der Waals surface area contributed by atoms with Gasteiger partial charge in [0.1, 0.15) is 19.8 Å². The number of anilines is 1. The molecule has 0 bridgehead atoms. The molecule has 0 spiro atoms. The molecule has 0 saturated heterocycles. The Bertz CT molecular complexity index is 1160. The van der Waals surface area contributed by atoms with Crippen LogP contribution in [0.5, 0.6) is 5.75 Å². The van der Waals surface area contributed by atoms with Crippen LogP contribution in [-0.4, -0.2) is 45.6 Å². The van der Waals surface area contributed by atoms with Crippen LogP contribution in [0.4, 0.5) is 5.69 Å². The molecule has 0 atom stereocenters. The first kappa shape index (κ1) is 18.8. The van der Waals surface area contributed by atoms with Crippen molar-refractivity contribution in [3.8, 4) is 17.6 Å². The molecule has 3 heteroatoms. The Hall–Kier alpha value is -3.51. The lowest BCUT2D eigenvalue weighted by Gasteiger charge is -2.15. The lowest BCUT2D eigenvalue weighted by molar-refractivity contribution is -0.462. The van der Waals surface area contributed by atoms with Gasteiger partial charge in [0, 0.05) is 43.1 Å². The van der Waals surface area contributed by atoms with Gasteiger partial charge in [-0.15, -0.1) is 0 Å². The Morgan fingerprint density at radius 1 is 0.897 bits per heavy atom. The summed E-state index contributed by atoms with van der Waals surface area (Å²) >= 11 is 0. The molecule has 0 fully saturated rings. The minimum Gasteiger partial charge on any atom is -0.497 e. The number of fused-ring (bicyclic) bond motifs is 3. The van der Waals surface area contributed by atoms with Gasteiger partial charge in [-0.2, -0.15) is 0 Å². The maximum Gasteiger partial charge on any atom is 0.200 e. The fourth-order valence-electron chi connectivity index (χ4n) is 3.59. The third-order valence-corrected chi connectivity index (χ3v) is 5.29. The van der Waals surface area contributed by atoms with Gasteiger partial charge in [-0.3, -0.25) is 0 Å². The number of hydrogen-bond donors (Lipinski definition) is 0. The van der Waals surface area contributed by atoms with Crippen molar-refractivity contribution in [2.24, 2.45) is 0 Å². The average molecular weight is 381 g/mol. The van der Waals surface area contributed by atoms with Crippen molar-refractivity contribution in [3.05, 3.63) is 83.0 Å². The second-order valence-corrected chi connectivity index (χ2v) is 7.60. The molecule has 0 radical (unpaired) electrons. The van der Waals surface area contributed by atoms with Crippen LogP contribution in [0.15, 0.2) is 66.3 Å². The Kier molecular flexibility index (Phi) is 4.86. The number of benzene rings is 2. The van der Waals surface area contributed by atoms with E-state index < -0.39 is 0 Å². The Balaban J connectivity index is 1.84. The van der Waals surface area contributed by atoms with Gasteiger partial charge in [0.25, 0.3) is 0 Å². The quantitative estimate of drug-likeness (QED) is 0.571. The Morgan fingerprint density at radius 3 is 2.31 bits per heavy atom. The number of hydrogen-bond acceptors (Lipinski definition) is 2. The van der Waals surface area contributed by atoms with E-state index in [1.807, 2.05) is 24.3 Å². The zero-order valence-corrected chi connectivity index (χ0v) is 17.6. The van der Waals surface area contributed by atoms with E-state index in [2.05, 4.69) is 85.9 Å². The minimum atomic E-state index is 0.840. The monoisotopic (exact) mass is 381 g/mol. The predicted molar refractivity (Wildman–Crippen MR) is 122 cm³/mol. The molecule has 2 aliphatic rings. The van der Waals surface area contributed by atoms with E-state index in [1.54, 1.807) is 7.11 Å². The van der Waals surface area contributed by atoms with Gasteiger partial charge in [-0.25, -0.2) is 4.58 Å². The van der Waals surface area contributed by atoms with Crippen molar-refractivity contribution in [2.45, 2.75) is 0 Å². The Labute approximate surface area is 172 Å². The molecule has 144 valence electrons. The summed E-state index contributed by atoms with van der Waals surface area (Å²) in [5.74, 6) is 7.61. The van der Waals surface area contributed by atoms with Crippen LogP contribution in [0.3, 0.4) is 0 Å². The van der Waals surface area contributed by atoms with Gasteiger partial charge in [-0.1, -0.05) is 17.9 Å². The minimum absolute atomic E-state index is 0.840. The summed E-state index contributed by atoms with van der Waals surface area (Å²) in [6.07, 6.45) is 6.61. The molecule has 2 aliphatic carbocycles. The average Bonchev–Trinajstić information content (AvgIpc) is 3.04. The zero-order valence-electron chi connectivity index (χ0n) is 17.6. The normalized spacial score (nSPS) is 14.0. The maximum atomic E-state index is 5.24. The fraction of sp³-hybridized carbons (Fsp3) is 0.192. The van der Waals surface area contributed by atoms with E-state index in [9.17, 15) is 0 Å². The van der Waals surface area contributed by atoms with Gasteiger partial charge in [0.05, 0.1) is 7.11 Å². The zero-order chi connectivity index (χ0) is 20.5. The smallest absolute Gasteiger partial charge is 0.200 e. The van der Waals surface area contributed by atoms with Crippen molar-refractivity contribution >= 4 is 22.5 Å². The molecule has 4 rings (SSSR count). The van der Waals surface area contributed by atoms with Crippen molar-refractivity contribution < 1.29 is 9.31 Å². The summed E-state index contributed by atoms with van der Waals surface area (Å²) in [5.41, 5.74) is 9.32. The third-order valence-electron chi connectivity index (χ3n) is 5.29. The van der Waals surface area contributed by atoms with Crippen LogP contribution in [0.2, 0.25) is 0 Å². The first-order chi connectivity index (χ1) is 14.0. The molecule has 2 aromatic rings. The molecule has 0 unspecified atom stereocenters. The predicted octanol–water partition coefficient (Wildman–Crippen LogP) is 4.25. The van der Waals surface area contributed by atoms with Crippen molar-refractivity contribution in [3.63, 3.8) is 0 Å². The SMILES string of the molecule is COc1ccc(C#CC2=C3C=CC(=[N+](C)C)C=C3c3cc(N(C)C)ccc32)cc1. The van der Waals surface area contributed by atoms with Crippen LogP contribution in [0, 0.1) is 11.8 Å². The van der Waals surface area contributed by atoms with Crippen molar-refractivity contribution in [1.82, 2.24) is 0 Å². The van der Waals surface area contributed by atoms with Crippen LogP contribution in [0.25, 0.3) is 11.1 Å². The Morgan fingerprint density at radius 2 is 1.66 bits per heavy atom. The fourth-order valence-corrected chi connectivity index (χ4v) is 3.59. The summed E-state index contributed by atoms with van der Waals surface area (Å²) in [6, 6.07) is 14.5. The summed E-state index contributed by atoms with van der Waals surface area (Å²) < 4.78 is 7.38. The van der Waals surface area contributed by atoms with E-state index in [1.165, 1.54) is 33.7 Å². The maximum absolute atomic E-state index is 5.24. The number of allylic oxidation sites excluding steroid dienone is 6. The van der Waals surface area contributed by atoms with Crippen LogP contribution < -0.4 is 9.64 Å². The molecule has 0 aliphatic heterocycles. The summed E-state index contributed by atoms with van der Waals surface area (Å²) in [6.45, 7) is 0. The standard InChI is InChI=1S/C26H25N2O/c1-27(2)19-9-14-23-22(13-8-18-6-11-21(29-5)12-7-18)24-15-10-20(28(3)4)17-26(24)25(23)16-19/h6-7,9-12,14-17H,1-5H3/q+1. The van der Waals surface area contributed by atoms with E-state index >= 15 is 0 Å². The summed E-state index contributed by atoms with van der Waals surface area (Å²) in [7, 11) is 9.96. The van der Waals surface area contributed by atoms with Crippen LogP contribution in [0.1, 0.15) is 16.7 Å². The van der Waals surface area contributed by atoms with Gasteiger partial charge < -0.3 is 9.64 Å². The van der Waals surface area contributed by atoms with Crippen molar-refractivity contribution in [2.75, 3.05) is 40.2 Å². The van der Waals surface area contributed by atoms with E-state index in [-0.39, 0.29) is 0 Å². The first-order valence-corrected chi connectivity index (χ1v) is 9.65. The van der Waals surface area contributed by atoms with Crippen LogP contribution >= 0.6 is 0 Å². The lowest BCUT2D eigenvalue weighted by Crippen LogP contribution is -2.11.